The SMILES string of the molecule is COC(=O)C1C2CC3C(OC(=O)C31)C2OC(=O)CN1CCOCC1. The molecule has 6 unspecified atom stereocenters. The fourth-order valence-corrected chi connectivity index (χ4v) is 4.74. The number of rotatable bonds is 4. The minimum atomic E-state index is -0.563. The first-order valence-electron chi connectivity index (χ1n) is 8.38. The number of methoxy groups -OCH3 is 1. The largest absolute Gasteiger partial charge is 0.469 e. The number of morpholine rings is 1. The number of esters is 3. The van der Waals surface area contributed by atoms with Gasteiger partial charge in [0.25, 0.3) is 0 Å². The molecule has 0 N–H and O–H groups in total. The summed E-state index contributed by atoms with van der Waals surface area (Å²) >= 11 is 0. The molecule has 4 rings (SSSR count). The maximum atomic E-state index is 12.3. The van der Waals surface area contributed by atoms with Gasteiger partial charge in [-0.1, -0.05) is 0 Å². The van der Waals surface area contributed by atoms with Crippen molar-refractivity contribution in [2.45, 2.75) is 18.6 Å². The summed E-state index contributed by atoms with van der Waals surface area (Å²) in [6.45, 7) is 2.78. The van der Waals surface area contributed by atoms with Crippen LogP contribution in [0.15, 0.2) is 0 Å². The van der Waals surface area contributed by atoms with Gasteiger partial charge >= 0.3 is 17.9 Å². The van der Waals surface area contributed by atoms with Crippen LogP contribution in [0.25, 0.3) is 0 Å². The summed E-state index contributed by atoms with van der Waals surface area (Å²) in [5.74, 6) is -2.38. The van der Waals surface area contributed by atoms with Gasteiger partial charge in [0.2, 0.25) is 0 Å². The Morgan fingerprint density at radius 1 is 1.25 bits per heavy atom. The van der Waals surface area contributed by atoms with Gasteiger partial charge in [-0.15, -0.1) is 0 Å². The molecule has 0 spiro atoms. The molecule has 2 aliphatic heterocycles. The van der Waals surface area contributed by atoms with Crippen molar-refractivity contribution in [3.63, 3.8) is 0 Å². The standard InChI is InChI=1S/C16H21NO7/c1-21-15(19)11-8-6-9-12(11)16(20)24-14(9)13(8)23-10(18)7-17-2-4-22-5-3-17/h8-9,11-14H,2-7H2,1H3. The maximum Gasteiger partial charge on any atom is 0.320 e. The molecule has 8 heteroatoms. The number of carbonyl (C=O) groups is 3. The van der Waals surface area contributed by atoms with E-state index in [1.807, 2.05) is 4.90 Å². The quantitative estimate of drug-likeness (QED) is 0.486. The predicted octanol–water partition coefficient (Wildman–Crippen LogP) is -0.789. The molecular formula is C16H21NO7. The van der Waals surface area contributed by atoms with Crippen LogP contribution in [0.1, 0.15) is 6.42 Å². The lowest BCUT2D eigenvalue weighted by molar-refractivity contribution is -0.166. The Balaban J connectivity index is 1.45. The molecular weight excluding hydrogens is 318 g/mol. The Kier molecular flexibility index (Phi) is 3.96. The molecule has 0 radical (unpaired) electrons. The lowest BCUT2D eigenvalue weighted by Gasteiger charge is -2.31. The summed E-state index contributed by atoms with van der Waals surface area (Å²) in [5.41, 5.74) is 0. The Bertz CT molecular complexity index is 559. The first-order valence-corrected chi connectivity index (χ1v) is 8.38. The van der Waals surface area contributed by atoms with E-state index in [-0.39, 0.29) is 30.3 Å². The van der Waals surface area contributed by atoms with Gasteiger partial charge in [0.1, 0.15) is 12.2 Å². The van der Waals surface area contributed by atoms with Crippen LogP contribution >= 0.6 is 0 Å². The van der Waals surface area contributed by atoms with Crippen molar-refractivity contribution in [3.8, 4) is 0 Å². The van der Waals surface area contributed by atoms with E-state index in [1.54, 1.807) is 0 Å². The summed E-state index contributed by atoms with van der Waals surface area (Å²) in [7, 11) is 1.31. The number of hydrogen-bond acceptors (Lipinski definition) is 8. The molecule has 2 heterocycles. The lowest BCUT2D eigenvalue weighted by atomic mass is 9.78. The van der Waals surface area contributed by atoms with Gasteiger partial charge in [-0.05, 0) is 6.42 Å². The summed E-state index contributed by atoms with van der Waals surface area (Å²) in [6.07, 6.45) is -0.298. The Morgan fingerprint density at radius 2 is 2.00 bits per heavy atom. The van der Waals surface area contributed by atoms with Crippen molar-refractivity contribution < 1.29 is 33.3 Å². The first kappa shape index (κ1) is 15.8. The van der Waals surface area contributed by atoms with E-state index >= 15 is 0 Å². The Morgan fingerprint density at radius 3 is 2.71 bits per heavy atom. The van der Waals surface area contributed by atoms with Crippen molar-refractivity contribution in [2.75, 3.05) is 40.0 Å². The van der Waals surface area contributed by atoms with Crippen LogP contribution < -0.4 is 0 Å². The van der Waals surface area contributed by atoms with E-state index in [0.29, 0.717) is 32.7 Å². The zero-order valence-electron chi connectivity index (χ0n) is 13.5. The monoisotopic (exact) mass is 339 g/mol. The van der Waals surface area contributed by atoms with Crippen LogP contribution in [-0.4, -0.2) is 75.0 Å². The topological polar surface area (TPSA) is 91.4 Å². The molecule has 0 amide bonds. The zero-order valence-corrected chi connectivity index (χ0v) is 13.5. The maximum absolute atomic E-state index is 12.3. The molecule has 2 aliphatic carbocycles. The summed E-state index contributed by atoms with van der Waals surface area (Å²) in [5, 5.41) is 0. The second-order valence-electron chi connectivity index (χ2n) is 6.88. The molecule has 2 saturated carbocycles. The molecule has 132 valence electrons. The average molecular weight is 339 g/mol. The second-order valence-corrected chi connectivity index (χ2v) is 6.88. The van der Waals surface area contributed by atoms with Gasteiger partial charge in [0.05, 0.1) is 38.7 Å². The van der Waals surface area contributed by atoms with Gasteiger partial charge in [0.15, 0.2) is 0 Å². The molecule has 8 nitrogen and oxygen atoms in total. The molecule has 2 bridgehead atoms. The minimum Gasteiger partial charge on any atom is -0.469 e. The Labute approximate surface area is 139 Å². The summed E-state index contributed by atoms with van der Waals surface area (Å²) in [4.78, 5) is 38.4. The van der Waals surface area contributed by atoms with Crippen LogP contribution in [0.4, 0.5) is 0 Å². The predicted molar refractivity (Wildman–Crippen MR) is 77.6 cm³/mol. The molecule has 4 fully saturated rings. The van der Waals surface area contributed by atoms with Gasteiger partial charge < -0.3 is 18.9 Å². The lowest BCUT2D eigenvalue weighted by Crippen LogP contribution is -2.46. The van der Waals surface area contributed by atoms with Crippen molar-refractivity contribution in [1.29, 1.82) is 0 Å². The average Bonchev–Trinajstić information content (AvgIpc) is 3.18. The number of ether oxygens (including phenoxy) is 4. The molecule has 0 aromatic carbocycles. The molecule has 0 aromatic rings. The highest BCUT2D eigenvalue weighted by Crippen LogP contribution is 2.58. The summed E-state index contributed by atoms with van der Waals surface area (Å²) < 4.78 is 21.2. The molecule has 4 aliphatic rings. The van der Waals surface area contributed by atoms with Gasteiger partial charge in [-0.2, -0.15) is 0 Å². The number of nitrogens with zero attached hydrogens (tertiary/aromatic N) is 1. The van der Waals surface area contributed by atoms with E-state index in [4.69, 9.17) is 18.9 Å². The Hall–Kier alpha value is -1.67. The van der Waals surface area contributed by atoms with Crippen LogP contribution in [0.3, 0.4) is 0 Å². The van der Waals surface area contributed by atoms with Crippen LogP contribution in [0.5, 0.6) is 0 Å². The number of fused-ring (bicyclic) bond motifs is 1. The van der Waals surface area contributed by atoms with E-state index in [2.05, 4.69) is 0 Å². The third-order valence-electron chi connectivity index (χ3n) is 5.74. The third-order valence-corrected chi connectivity index (χ3v) is 5.74. The second kappa shape index (κ2) is 6.00. The molecule has 6 atom stereocenters. The number of hydrogen-bond donors (Lipinski definition) is 0. The van der Waals surface area contributed by atoms with Crippen molar-refractivity contribution in [1.82, 2.24) is 4.90 Å². The van der Waals surface area contributed by atoms with Crippen LogP contribution in [0.2, 0.25) is 0 Å². The normalized spacial score (nSPS) is 40.5. The van der Waals surface area contributed by atoms with Crippen LogP contribution in [-0.2, 0) is 33.3 Å². The van der Waals surface area contributed by atoms with E-state index < -0.39 is 30.0 Å². The van der Waals surface area contributed by atoms with Gasteiger partial charge in [0, 0.05) is 24.9 Å². The van der Waals surface area contributed by atoms with Crippen molar-refractivity contribution in [3.05, 3.63) is 0 Å². The highest BCUT2D eigenvalue weighted by atomic mass is 16.6. The summed E-state index contributed by atoms with van der Waals surface area (Å²) in [6, 6.07) is 0. The van der Waals surface area contributed by atoms with Gasteiger partial charge in [-0.3, -0.25) is 19.3 Å². The zero-order chi connectivity index (χ0) is 16.8. The van der Waals surface area contributed by atoms with Crippen LogP contribution in [0, 0.1) is 23.7 Å². The highest BCUT2D eigenvalue weighted by molar-refractivity contribution is 5.86. The third kappa shape index (κ3) is 2.39. The highest BCUT2D eigenvalue weighted by Gasteiger charge is 2.70. The van der Waals surface area contributed by atoms with E-state index in [0.717, 1.165) is 0 Å². The fourth-order valence-electron chi connectivity index (χ4n) is 4.74. The van der Waals surface area contributed by atoms with Crippen molar-refractivity contribution in [2.24, 2.45) is 23.7 Å². The fraction of sp³-hybridized carbons (Fsp3) is 0.812. The molecule has 24 heavy (non-hydrogen) atoms. The van der Waals surface area contributed by atoms with E-state index in [1.165, 1.54) is 7.11 Å². The van der Waals surface area contributed by atoms with Crippen molar-refractivity contribution >= 4 is 17.9 Å². The molecule has 2 saturated heterocycles. The molecule has 0 aromatic heterocycles. The van der Waals surface area contributed by atoms with Gasteiger partial charge in [-0.25, -0.2) is 0 Å². The van der Waals surface area contributed by atoms with E-state index in [9.17, 15) is 14.4 Å². The first-order chi connectivity index (χ1) is 11.6. The smallest absolute Gasteiger partial charge is 0.320 e. The minimum absolute atomic E-state index is 0.0483. The number of carbonyl (C=O) groups excluding carboxylic acids is 3.